The molecule has 0 fully saturated rings. The summed E-state index contributed by atoms with van der Waals surface area (Å²) in [7, 11) is 0. The maximum absolute atomic E-state index is 12.5. The minimum Gasteiger partial charge on any atom is -0.481 e. The van der Waals surface area contributed by atoms with E-state index in [0.717, 1.165) is 49.0 Å². The molecule has 0 spiro atoms. The Morgan fingerprint density at radius 3 is 2.67 bits per heavy atom. The lowest BCUT2D eigenvalue weighted by molar-refractivity contribution is -0.138. The molecule has 1 amide bonds. The van der Waals surface area contributed by atoms with Gasteiger partial charge in [-0.15, -0.1) is 11.3 Å². The number of aryl methyl sites for hydroxylation is 1. The van der Waals surface area contributed by atoms with Crippen LogP contribution in [0.1, 0.15) is 66.2 Å². The van der Waals surface area contributed by atoms with Crippen LogP contribution in [0, 0.1) is 0 Å². The Bertz CT molecular complexity index is 623. The van der Waals surface area contributed by atoms with E-state index in [1.54, 1.807) is 0 Å². The number of carbonyl (C=O) groups is 3. The first-order valence-corrected chi connectivity index (χ1v) is 9.17. The summed E-state index contributed by atoms with van der Waals surface area (Å²) in [4.78, 5) is 36.1. The summed E-state index contributed by atoms with van der Waals surface area (Å²) in [5.41, 5.74) is 1.45. The molecular weight excluding hydrogens is 330 g/mol. The number of hydrogen-bond acceptors (Lipinski definition) is 5. The third kappa shape index (κ3) is 4.80. The molecule has 1 heterocycles. The molecule has 0 aliphatic heterocycles. The number of carboxylic acids is 1. The SMILES string of the molecule is CCCCOC(=O)c1c(NC(=O)CCC(=O)O)sc2c1CCCC2. The second kappa shape index (κ2) is 8.82. The van der Waals surface area contributed by atoms with Crippen LogP contribution in [-0.4, -0.2) is 29.6 Å². The Kier molecular flexibility index (Phi) is 6.78. The number of rotatable bonds is 8. The average Bonchev–Trinajstić information content (AvgIpc) is 2.90. The van der Waals surface area contributed by atoms with Crippen LogP contribution in [0.2, 0.25) is 0 Å². The molecule has 1 aromatic heterocycles. The fourth-order valence-corrected chi connectivity index (χ4v) is 3.95. The molecule has 2 N–H and O–H groups in total. The highest BCUT2D eigenvalue weighted by atomic mass is 32.1. The summed E-state index contributed by atoms with van der Waals surface area (Å²) >= 11 is 1.41. The Morgan fingerprint density at radius 1 is 1.21 bits per heavy atom. The van der Waals surface area contributed by atoms with E-state index in [4.69, 9.17) is 9.84 Å². The van der Waals surface area contributed by atoms with Gasteiger partial charge in [-0.25, -0.2) is 4.79 Å². The smallest absolute Gasteiger partial charge is 0.341 e. The van der Waals surface area contributed by atoms with Crippen molar-refractivity contribution in [3.05, 3.63) is 16.0 Å². The van der Waals surface area contributed by atoms with Gasteiger partial charge in [0.2, 0.25) is 5.91 Å². The van der Waals surface area contributed by atoms with Crippen LogP contribution in [0.5, 0.6) is 0 Å². The normalized spacial score (nSPS) is 13.2. The Hall–Kier alpha value is -1.89. The van der Waals surface area contributed by atoms with Crippen LogP contribution in [0.4, 0.5) is 5.00 Å². The van der Waals surface area contributed by atoms with Gasteiger partial charge in [0.05, 0.1) is 18.6 Å². The van der Waals surface area contributed by atoms with Crippen molar-refractivity contribution in [1.82, 2.24) is 0 Å². The topological polar surface area (TPSA) is 92.7 Å². The molecule has 7 heteroatoms. The van der Waals surface area contributed by atoms with Crippen molar-refractivity contribution in [3.63, 3.8) is 0 Å². The maximum atomic E-state index is 12.5. The second-order valence-corrected chi connectivity index (χ2v) is 6.95. The molecule has 132 valence electrons. The summed E-state index contributed by atoms with van der Waals surface area (Å²) in [6.07, 6.45) is 5.21. The quantitative estimate of drug-likeness (QED) is 0.552. The van der Waals surface area contributed by atoms with Crippen LogP contribution in [0.3, 0.4) is 0 Å². The number of esters is 1. The van der Waals surface area contributed by atoms with Gasteiger partial charge in [-0.2, -0.15) is 0 Å². The lowest BCUT2D eigenvalue weighted by Crippen LogP contribution is -2.16. The van der Waals surface area contributed by atoms with Crippen LogP contribution in [0.15, 0.2) is 0 Å². The number of unbranched alkanes of at least 4 members (excludes halogenated alkanes) is 1. The predicted octanol–water partition coefficient (Wildman–Crippen LogP) is 3.39. The summed E-state index contributed by atoms with van der Waals surface area (Å²) < 4.78 is 5.34. The summed E-state index contributed by atoms with van der Waals surface area (Å²) in [6.45, 7) is 2.39. The predicted molar refractivity (Wildman–Crippen MR) is 91.7 cm³/mol. The van der Waals surface area contributed by atoms with E-state index in [2.05, 4.69) is 5.32 Å². The van der Waals surface area contributed by atoms with Gasteiger partial charge in [-0.1, -0.05) is 13.3 Å². The van der Waals surface area contributed by atoms with Crippen molar-refractivity contribution in [2.75, 3.05) is 11.9 Å². The van der Waals surface area contributed by atoms with E-state index in [9.17, 15) is 14.4 Å². The van der Waals surface area contributed by atoms with Gasteiger partial charge in [-0.05, 0) is 37.7 Å². The van der Waals surface area contributed by atoms with Crippen molar-refractivity contribution in [2.45, 2.75) is 58.3 Å². The molecule has 1 aliphatic rings. The molecule has 0 atom stereocenters. The Labute approximate surface area is 145 Å². The summed E-state index contributed by atoms with van der Waals surface area (Å²) in [6, 6.07) is 0. The highest BCUT2D eigenvalue weighted by Gasteiger charge is 2.27. The minimum absolute atomic E-state index is 0.109. The molecule has 0 unspecified atom stereocenters. The average molecular weight is 353 g/mol. The first-order valence-electron chi connectivity index (χ1n) is 8.36. The van der Waals surface area contributed by atoms with Crippen molar-refractivity contribution in [1.29, 1.82) is 0 Å². The van der Waals surface area contributed by atoms with Crippen LogP contribution < -0.4 is 5.32 Å². The van der Waals surface area contributed by atoms with Gasteiger partial charge in [0.25, 0.3) is 0 Å². The number of ether oxygens (including phenoxy) is 1. The van der Waals surface area contributed by atoms with Crippen molar-refractivity contribution >= 4 is 34.2 Å². The Balaban J connectivity index is 2.16. The van der Waals surface area contributed by atoms with E-state index in [-0.39, 0.29) is 12.8 Å². The molecule has 0 saturated carbocycles. The molecule has 1 aromatic rings. The molecule has 0 aromatic carbocycles. The molecule has 6 nitrogen and oxygen atoms in total. The minimum atomic E-state index is -1.02. The molecule has 24 heavy (non-hydrogen) atoms. The molecule has 0 radical (unpaired) electrons. The maximum Gasteiger partial charge on any atom is 0.341 e. The Morgan fingerprint density at radius 2 is 1.96 bits per heavy atom. The zero-order chi connectivity index (χ0) is 17.5. The summed E-state index contributed by atoms with van der Waals surface area (Å²) in [5.74, 6) is -1.80. The fourth-order valence-electron chi connectivity index (χ4n) is 2.66. The monoisotopic (exact) mass is 353 g/mol. The zero-order valence-corrected chi connectivity index (χ0v) is 14.7. The van der Waals surface area contributed by atoms with E-state index < -0.39 is 17.8 Å². The number of amides is 1. The highest BCUT2D eigenvalue weighted by molar-refractivity contribution is 7.17. The van der Waals surface area contributed by atoms with Crippen molar-refractivity contribution < 1.29 is 24.2 Å². The highest BCUT2D eigenvalue weighted by Crippen LogP contribution is 2.38. The van der Waals surface area contributed by atoms with Crippen LogP contribution in [-0.2, 0) is 27.2 Å². The van der Waals surface area contributed by atoms with E-state index in [1.165, 1.54) is 11.3 Å². The number of hydrogen-bond donors (Lipinski definition) is 2. The molecule has 2 rings (SSSR count). The van der Waals surface area contributed by atoms with Crippen molar-refractivity contribution in [3.8, 4) is 0 Å². The van der Waals surface area contributed by atoms with Gasteiger partial charge in [0.15, 0.2) is 0 Å². The van der Waals surface area contributed by atoms with Crippen LogP contribution >= 0.6 is 11.3 Å². The zero-order valence-electron chi connectivity index (χ0n) is 13.9. The molecular formula is C17H23NO5S. The second-order valence-electron chi connectivity index (χ2n) is 5.85. The number of carboxylic acid groups (broad SMARTS) is 1. The van der Waals surface area contributed by atoms with E-state index in [1.807, 2.05) is 6.92 Å². The number of fused-ring (bicyclic) bond motifs is 1. The van der Waals surface area contributed by atoms with Gasteiger partial charge in [0.1, 0.15) is 5.00 Å². The van der Waals surface area contributed by atoms with Gasteiger partial charge >= 0.3 is 11.9 Å². The molecule has 0 saturated heterocycles. The number of anilines is 1. The standard InChI is InChI=1S/C17H23NO5S/c1-2-3-10-23-17(22)15-11-6-4-5-7-12(11)24-16(15)18-13(19)8-9-14(20)21/h2-10H2,1H3,(H,18,19)(H,20,21). The third-order valence-electron chi connectivity index (χ3n) is 3.93. The van der Waals surface area contributed by atoms with Crippen LogP contribution in [0.25, 0.3) is 0 Å². The largest absolute Gasteiger partial charge is 0.481 e. The van der Waals surface area contributed by atoms with E-state index in [0.29, 0.717) is 17.2 Å². The third-order valence-corrected chi connectivity index (χ3v) is 5.13. The number of carbonyl (C=O) groups excluding carboxylic acids is 2. The number of nitrogens with one attached hydrogen (secondary N) is 1. The fraction of sp³-hybridized carbons (Fsp3) is 0.588. The first-order chi connectivity index (χ1) is 11.5. The number of aliphatic carboxylic acids is 1. The summed E-state index contributed by atoms with van der Waals surface area (Å²) in [5, 5.41) is 11.9. The first kappa shape index (κ1) is 18.4. The lowest BCUT2D eigenvalue weighted by Gasteiger charge is -2.12. The lowest BCUT2D eigenvalue weighted by atomic mass is 9.95. The van der Waals surface area contributed by atoms with Gasteiger partial charge < -0.3 is 15.2 Å². The van der Waals surface area contributed by atoms with E-state index >= 15 is 0 Å². The van der Waals surface area contributed by atoms with Gasteiger partial charge in [-0.3, -0.25) is 9.59 Å². The number of thiophene rings is 1. The molecule has 0 bridgehead atoms. The molecule has 1 aliphatic carbocycles. The van der Waals surface area contributed by atoms with Gasteiger partial charge in [0, 0.05) is 11.3 Å². The van der Waals surface area contributed by atoms with Crippen molar-refractivity contribution in [2.24, 2.45) is 0 Å².